The maximum absolute atomic E-state index is 9.31. The van der Waals surface area contributed by atoms with Crippen molar-refractivity contribution in [2.24, 2.45) is 0 Å². The molecule has 0 spiro atoms. The van der Waals surface area contributed by atoms with Gasteiger partial charge in [-0.25, -0.2) is 4.98 Å². The molecule has 1 aromatic carbocycles. The largest absolute Gasteiger partial charge is 0.508 e. The Labute approximate surface area is 100 Å². The average Bonchev–Trinajstić information content (AvgIpc) is 2.67. The molecule has 0 atom stereocenters. The number of imidazole rings is 1. The van der Waals surface area contributed by atoms with Crippen LogP contribution < -0.4 is 4.74 Å². The number of aromatic nitrogens is 2. The van der Waals surface area contributed by atoms with Crippen molar-refractivity contribution in [1.29, 1.82) is 0 Å². The van der Waals surface area contributed by atoms with Gasteiger partial charge in [-0.1, -0.05) is 6.07 Å². The Morgan fingerprint density at radius 2 is 2.24 bits per heavy atom. The molecule has 2 aromatic rings. The van der Waals surface area contributed by atoms with Gasteiger partial charge in [-0.05, 0) is 26.0 Å². The predicted molar refractivity (Wildman–Crippen MR) is 65.1 cm³/mol. The molecule has 17 heavy (non-hydrogen) atoms. The first-order valence-electron chi connectivity index (χ1n) is 5.63. The van der Waals surface area contributed by atoms with Crippen LogP contribution in [0.4, 0.5) is 0 Å². The third kappa shape index (κ3) is 2.58. The lowest BCUT2D eigenvalue weighted by molar-refractivity contribution is 0.288. The van der Waals surface area contributed by atoms with Crippen LogP contribution in [0, 0.1) is 6.92 Å². The van der Waals surface area contributed by atoms with Crippen molar-refractivity contribution in [2.75, 3.05) is 0 Å². The second-order valence-corrected chi connectivity index (χ2v) is 3.85. The molecule has 0 aliphatic carbocycles. The van der Waals surface area contributed by atoms with Gasteiger partial charge in [0.1, 0.15) is 23.9 Å². The number of rotatable bonds is 4. The molecule has 0 fully saturated rings. The fourth-order valence-electron chi connectivity index (χ4n) is 1.78. The number of aryl methyl sites for hydroxylation is 1. The maximum atomic E-state index is 9.31. The minimum Gasteiger partial charge on any atom is -0.508 e. The van der Waals surface area contributed by atoms with Crippen molar-refractivity contribution in [1.82, 2.24) is 9.55 Å². The van der Waals surface area contributed by atoms with E-state index in [1.165, 1.54) is 0 Å². The molecule has 0 aliphatic rings. The highest BCUT2D eigenvalue weighted by molar-refractivity contribution is 5.31. The van der Waals surface area contributed by atoms with Gasteiger partial charge in [0.25, 0.3) is 0 Å². The van der Waals surface area contributed by atoms with Gasteiger partial charge in [-0.3, -0.25) is 0 Å². The van der Waals surface area contributed by atoms with Gasteiger partial charge < -0.3 is 14.4 Å². The van der Waals surface area contributed by atoms with Crippen LogP contribution in [0.3, 0.4) is 0 Å². The second kappa shape index (κ2) is 4.91. The fourth-order valence-corrected chi connectivity index (χ4v) is 1.78. The highest BCUT2D eigenvalue weighted by Crippen LogP contribution is 2.18. The van der Waals surface area contributed by atoms with Crippen LogP contribution in [0.25, 0.3) is 0 Å². The molecule has 0 bridgehead atoms. The lowest BCUT2D eigenvalue weighted by Crippen LogP contribution is -2.07. The monoisotopic (exact) mass is 232 g/mol. The molecule has 4 nitrogen and oxygen atoms in total. The average molecular weight is 232 g/mol. The summed E-state index contributed by atoms with van der Waals surface area (Å²) < 4.78 is 7.69. The summed E-state index contributed by atoms with van der Waals surface area (Å²) in [6.07, 6.45) is 1.84. The van der Waals surface area contributed by atoms with Gasteiger partial charge in [0, 0.05) is 24.5 Å². The van der Waals surface area contributed by atoms with E-state index in [1.54, 1.807) is 18.2 Å². The van der Waals surface area contributed by atoms with Crippen molar-refractivity contribution in [3.05, 3.63) is 42.0 Å². The first-order valence-corrected chi connectivity index (χ1v) is 5.63. The number of phenolic OH excluding ortho intramolecular Hbond substituents is 1. The van der Waals surface area contributed by atoms with Gasteiger partial charge in [0.05, 0.1) is 0 Å². The van der Waals surface area contributed by atoms with Crippen LogP contribution in [0.15, 0.2) is 30.5 Å². The molecule has 90 valence electrons. The van der Waals surface area contributed by atoms with Gasteiger partial charge in [0.15, 0.2) is 0 Å². The predicted octanol–water partition coefficient (Wildman–Crippen LogP) is 2.50. The van der Waals surface area contributed by atoms with Crippen molar-refractivity contribution >= 4 is 0 Å². The molecule has 0 saturated carbocycles. The SMILES string of the molecule is CCn1c(C)cnc1COc1cccc(O)c1. The number of hydrogen-bond acceptors (Lipinski definition) is 3. The van der Waals surface area contributed by atoms with Gasteiger partial charge in [-0.15, -0.1) is 0 Å². The van der Waals surface area contributed by atoms with E-state index in [2.05, 4.69) is 16.5 Å². The molecule has 1 N–H and O–H groups in total. The lowest BCUT2D eigenvalue weighted by atomic mass is 10.3. The number of aromatic hydroxyl groups is 1. The van der Waals surface area contributed by atoms with E-state index in [0.29, 0.717) is 12.4 Å². The van der Waals surface area contributed by atoms with E-state index in [9.17, 15) is 5.11 Å². The van der Waals surface area contributed by atoms with E-state index in [4.69, 9.17) is 4.74 Å². The normalized spacial score (nSPS) is 10.5. The van der Waals surface area contributed by atoms with E-state index < -0.39 is 0 Å². The number of nitrogens with zero attached hydrogens (tertiary/aromatic N) is 2. The molecule has 0 saturated heterocycles. The summed E-state index contributed by atoms with van der Waals surface area (Å²) in [6, 6.07) is 6.77. The molecular weight excluding hydrogens is 216 g/mol. The zero-order valence-corrected chi connectivity index (χ0v) is 10.1. The first-order chi connectivity index (χ1) is 8.20. The second-order valence-electron chi connectivity index (χ2n) is 3.85. The standard InChI is InChI=1S/C13H16N2O2/c1-3-15-10(2)8-14-13(15)9-17-12-6-4-5-11(16)7-12/h4-8,16H,3,9H2,1-2H3. The third-order valence-electron chi connectivity index (χ3n) is 2.64. The summed E-state index contributed by atoms with van der Waals surface area (Å²) in [5, 5.41) is 9.31. The summed E-state index contributed by atoms with van der Waals surface area (Å²) in [4.78, 5) is 4.30. The molecule has 1 aromatic heterocycles. The zero-order chi connectivity index (χ0) is 12.3. The molecule has 0 unspecified atom stereocenters. The zero-order valence-electron chi connectivity index (χ0n) is 10.1. The van der Waals surface area contributed by atoms with Crippen molar-refractivity contribution < 1.29 is 9.84 Å². The lowest BCUT2D eigenvalue weighted by Gasteiger charge is -2.09. The molecule has 2 rings (SSSR count). The highest BCUT2D eigenvalue weighted by atomic mass is 16.5. The Morgan fingerprint density at radius 3 is 2.94 bits per heavy atom. The first kappa shape index (κ1) is 11.5. The van der Waals surface area contributed by atoms with Gasteiger partial charge in [0.2, 0.25) is 0 Å². The van der Waals surface area contributed by atoms with Crippen LogP contribution >= 0.6 is 0 Å². The summed E-state index contributed by atoms with van der Waals surface area (Å²) in [7, 11) is 0. The molecule has 0 aliphatic heterocycles. The molecule has 0 radical (unpaired) electrons. The highest BCUT2D eigenvalue weighted by Gasteiger charge is 2.06. The maximum Gasteiger partial charge on any atom is 0.146 e. The molecular formula is C13H16N2O2. The quantitative estimate of drug-likeness (QED) is 0.881. The Balaban J connectivity index is 2.07. The summed E-state index contributed by atoms with van der Waals surface area (Å²) >= 11 is 0. The Bertz CT molecular complexity index is 506. The Kier molecular flexibility index (Phi) is 3.32. The fraction of sp³-hybridized carbons (Fsp3) is 0.308. The third-order valence-corrected chi connectivity index (χ3v) is 2.64. The Hall–Kier alpha value is -1.97. The minimum absolute atomic E-state index is 0.206. The summed E-state index contributed by atoms with van der Waals surface area (Å²) in [5.41, 5.74) is 1.13. The van der Waals surface area contributed by atoms with E-state index in [-0.39, 0.29) is 5.75 Å². The number of benzene rings is 1. The van der Waals surface area contributed by atoms with Crippen LogP contribution in [-0.2, 0) is 13.2 Å². The summed E-state index contributed by atoms with van der Waals surface area (Å²) in [5.74, 6) is 1.75. The van der Waals surface area contributed by atoms with E-state index >= 15 is 0 Å². The van der Waals surface area contributed by atoms with Gasteiger partial charge >= 0.3 is 0 Å². The number of hydrogen-bond donors (Lipinski definition) is 1. The van der Waals surface area contributed by atoms with Crippen LogP contribution in [0.5, 0.6) is 11.5 Å². The van der Waals surface area contributed by atoms with E-state index in [1.807, 2.05) is 19.2 Å². The minimum atomic E-state index is 0.206. The van der Waals surface area contributed by atoms with Crippen LogP contribution in [0.2, 0.25) is 0 Å². The molecule has 4 heteroatoms. The van der Waals surface area contributed by atoms with Crippen molar-refractivity contribution in [3.63, 3.8) is 0 Å². The van der Waals surface area contributed by atoms with Crippen molar-refractivity contribution in [2.45, 2.75) is 27.0 Å². The summed E-state index contributed by atoms with van der Waals surface area (Å²) in [6.45, 7) is 5.39. The van der Waals surface area contributed by atoms with E-state index in [0.717, 1.165) is 18.1 Å². The smallest absolute Gasteiger partial charge is 0.146 e. The molecule has 1 heterocycles. The van der Waals surface area contributed by atoms with Crippen LogP contribution in [-0.4, -0.2) is 14.7 Å². The number of phenols is 1. The van der Waals surface area contributed by atoms with Crippen molar-refractivity contribution in [3.8, 4) is 11.5 Å². The van der Waals surface area contributed by atoms with Crippen LogP contribution in [0.1, 0.15) is 18.4 Å². The molecule has 0 amide bonds. The van der Waals surface area contributed by atoms with Gasteiger partial charge in [-0.2, -0.15) is 0 Å². The number of ether oxygens (including phenoxy) is 1. The topological polar surface area (TPSA) is 47.3 Å². The Morgan fingerprint density at radius 1 is 1.41 bits per heavy atom.